The van der Waals surface area contributed by atoms with Crippen molar-refractivity contribution < 1.29 is 9.26 Å². The van der Waals surface area contributed by atoms with Gasteiger partial charge in [0.2, 0.25) is 5.89 Å². The molecule has 1 fully saturated rings. The molecule has 2 aromatic rings. The van der Waals surface area contributed by atoms with Gasteiger partial charge in [0.1, 0.15) is 0 Å². The summed E-state index contributed by atoms with van der Waals surface area (Å²) in [5.74, 6) is 1.37. The van der Waals surface area contributed by atoms with Crippen molar-refractivity contribution in [2.45, 2.75) is 39.0 Å². The van der Waals surface area contributed by atoms with E-state index in [0.29, 0.717) is 24.4 Å². The van der Waals surface area contributed by atoms with Crippen LogP contribution in [0, 0.1) is 6.92 Å². The summed E-state index contributed by atoms with van der Waals surface area (Å²) >= 11 is 1.78. The molecule has 5 nitrogen and oxygen atoms in total. The molecule has 1 aliphatic rings. The zero-order valence-corrected chi connectivity index (χ0v) is 12.4. The molecule has 3 heterocycles. The average molecular weight is 293 g/mol. The summed E-state index contributed by atoms with van der Waals surface area (Å²) in [6, 6.07) is 4.24. The lowest BCUT2D eigenvalue weighted by molar-refractivity contribution is 0.0644. The Balaban J connectivity index is 1.65. The zero-order valence-electron chi connectivity index (χ0n) is 11.6. The number of hydrogen-bond donors (Lipinski definition) is 0. The molecule has 3 rings (SSSR count). The van der Waals surface area contributed by atoms with E-state index in [2.05, 4.69) is 32.6 Å². The Morgan fingerprint density at radius 2 is 2.40 bits per heavy atom. The van der Waals surface area contributed by atoms with Gasteiger partial charge >= 0.3 is 0 Å². The smallest absolute Gasteiger partial charge is 0.240 e. The van der Waals surface area contributed by atoms with Gasteiger partial charge in [-0.05, 0) is 31.2 Å². The SMILES string of the molecule is Cc1noc(CN(Cc2cccs2)CC2CCCO2)n1. The van der Waals surface area contributed by atoms with Crippen LogP contribution in [0.2, 0.25) is 0 Å². The molecule has 20 heavy (non-hydrogen) atoms. The Morgan fingerprint density at radius 1 is 1.45 bits per heavy atom. The van der Waals surface area contributed by atoms with Crippen LogP contribution in [0.3, 0.4) is 0 Å². The van der Waals surface area contributed by atoms with Crippen molar-refractivity contribution >= 4 is 11.3 Å². The molecule has 1 saturated heterocycles. The van der Waals surface area contributed by atoms with E-state index in [0.717, 1.165) is 32.5 Å². The fourth-order valence-electron chi connectivity index (χ4n) is 2.48. The van der Waals surface area contributed by atoms with E-state index < -0.39 is 0 Å². The van der Waals surface area contributed by atoms with Crippen LogP contribution in [0.1, 0.15) is 29.4 Å². The Hall–Kier alpha value is -1.24. The van der Waals surface area contributed by atoms with E-state index in [9.17, 15) is 0 Å². The second-order valence-electron chi connectivity index (χ2n) is 5.12. The van der Waals surface area contributed by atoms with Crippen LogP contribution in [0.15, 0.2) is 22.0 Å². The third-order valence-electron chi connectivity index (χ3n) is 3.37. The van der Waals surface area contributed by atoms with Crippen LogP contribution in [-0.4, -0.2) is 34.3 Å². The third kappa shape index (κ3) is 3.65. The van der Waals surface area contributed by atoms with Crippen molar-refractivity contribution in [1.29, 1.82) is 0 Å². The highest BCUT2D eigenvalue weighted by Crippen LogP contribution is 2.18. The number of ether oxygens (including phenoxy) is 1. The van der Waals surface area contributed by atoms with E-state index in [-0.39, 0.29) is 0 Å². The highest BCUT2D eigenvalue weighted by atomic mass is 32.1. The average Bonchev–Trinajstić information content (AvgIpc) is 3.13. The first-order valence-electron chi connectivity index (χ1n) is 6.95. The summed E-state index contributed by atoms with van der Waals surface area (Å²) < 4.78 is 11.0. The summed E-state index contributed by atoms with van der Waals surface area (Å²) in [5, 5.41) is 5.96. The first-order chi connectivity index (χ1) is 9.79. The zero-order chi connectivity index (χ0) is 13.8. The molecule has 0 spiro atoms. The summed E-state index contributed by atoms with van der Waals surface area (Å²) in [6.07, 6.45) is 2.64. The van der Waals surface area contributed by atoms with Crippen molar-refractivity contribution in [3.8, 4) is 0 Å². The summed E-state index contributed by atoms with van der Waals surface area (Å²) in [4.78, 5) is 7.97. The van der Waals surface area contributed by atoms with Gasteiger partial charge in [-0.25, -0.2) is 0 Å². The Morgan fingerprint density at radius 3 is 3.05 bits per heavy atom. The van der Waals surface area contributed by atoms with E-state index in [1.54, 1.807) is 11.3 Å². The van der Waals surface area contributed by atoms with Crippen molar-refractivity contribution in [3.63, 3.8) is 0 Å². The second-order valence-corrected chi connectivity index (χ2v) is 6.15. The first kappa shape index (κ1) is 13.7. The van der Waals surface area contributed by atoms with Crippen LogP contribution < -0.4 is 0 Å². The van der Waals surface area contributed by atoms with E-state index >= 15 is 0 Å². The second kappa shape index (κ2) is 6.47. The standard InChI is InChI=1S/C14H19N3O2S/c1-11-15-14(19-16-11)10-17(8-12-4-2-6-18-12)9-13-5-3-7-20-13/h3,5,7,12H,2,4,6,8-10H2,1H3. The molecule has 0 amide bonds. The molecule has 0 bridgehead atoms. The van der Waals surface area contributed by atoms with Gasteiger partial charge in [0, 0.05) is 24.6 Å². The maximum Gasteiger partial charge on any atom is 0.240 e. The summed E-state index contributed by atoms with van der Waals surface area (Å²) in [7, 11) is 0. The largest absolute Gasteiger partial charge is 0.377 e. The minimum Gasteiger partial charge on any atom is -0.377 e. The molecule has 108 valence electrons. The highest BCUT2D eigenvalue weighted by Gasteiger charge is 2.21. The number of hydrogen-bond acceptors (Lipinski definition) is 6. The predicted octanol–water partition coefficient (Wildman–Crippen LogP) is 2.62. The highest BCUT2D eigenvalue weighted by molar-refractivity contribution is 7.09. The monoisotopic (exact) mass is 293 g/mol. The fourth-order valence-corrected chi connectivity index (χ4v) is 3.23. The first-order valence-corrected chi connectivity index (χ1v) is 7.83. The summed E-state index contributed by atoms with van der Waals surface area (Å²) in [6.45, 7) is 5.23. The maximum atomic E-state index is 5.74. The Kier molecular flexibility index (Phi) is 4.44. The quantitative estimate of drug-likeness (QED) is 0.819. The molecule has 1 atom stereocenters. The maximum absolute atomic E-state index is 5.74. The van der Waals surface area contributed by atoms with Crippen molar-refractivity contribution in [2.75, 3.05) is 13.2 Å². The van der Waals surface area contributed by atoms with Gasteiger partial charge in [-0.2, -0.15) is 4.98 Å². The molecule has 1 unspecified atom stereocenters. The normalized spacial score (nSPS) is 19.0. The topological polar surface area (TPSA) is 51.4 Å². The molecule has 0 aromatic carbocycles. The van der Waals surface area contributed by atoms with Gasteiger partial charge in [0.15, 0.2) is 5.82 Å². The number of aryl methyl sites for hydroxylation is 1. The van der Waals surface area contributed by atoms with Crippen LogP contribution in [0.25, 0.3) is 0 Å². The molecule has 6 heteroatoms. The lowest BCUT2D eigenvalue weighted by atomic mass is 10.2. The number of aromatic nitrogens is 2. The minimum atomic E-state index is 0.332. The van der Waals surface area contributed by atoms with Gasteiger partial charge in [0.25, 0.3) is 0 Å². The third-order valence-corrected chi connectivity index (χ3v) is 4.24. The van der Waals surface area contributed by atoms with Gasteiger partial charge < -0.3 is 9.26 Å². The number of rotatable bonds is 6. The molecule has 1 aliphatic heterocycles. The molecule has 0 saturated carbocycles. The van der Waals surface area contributed by atoms with Crippen LogP contribution in [0.5, 0.6) is 0 Å². The van der Waals surface area contributed by atoms with Crippen molar-refractivity contribution in [1.82, 2.24) is 15.0 Å². The lowest BCUT2D eigenvalue weighted by Gasteiger charge is -2.23. The van der Waals surface area contributed by atoms with E-state index in [1.807, 2.05) is 6.92 Å². The Bertz CT molecular complexity index is 520. The van der Waals surface area contributed by atoms with Crippen LogP contribution >= 0.6 is 11.3 Å². The predicted molar refractivity (Wildman–Crippen MR) is 76.4 cm³/mol. The van der Waals surface area contributed by atoms with Crippen molar-refractivity contribution in [2.24, 2.45) is 0 Å². The van der Waals surface area contributed by atoms with Gasteiger partial charge in [-0.15, -0.1) is 11.3 Å². The lowest BCUT2D eigenvalue weighted by Crippen LogP contribution is -2.31. The molecular formula is C14H19N3O2S. The number of thiophene rings is 1. The molecule has 2 aromatic heterocycles. The van der Waals surface area contributed by atoms with Gasteiger partial charge in [-0.1, -0.05) is 11.2 Å². The van der Waals surface area contributed by atoms with Crippen molar-refractivity contribution in [3.05, 3.63) is 34.1 Å². The van der Waals surface area contributed by atoms with Crippen LogP contribution in [0.4, 0.5) is 0 Å². The van der Waals surface area contributed by atoms with E-state index in [4.69, 9.17) is 9.26 Å². The molecule has 0 aliphatic carbocycles. The summed E-state index contributed by atoms with van der Waals surface area (Å²) in [5.41, 5.74) is 0. The molecule has 0 N–H and O–H groups in total. The van der Waals surface area contributed by atoms with Gasteiger partial charge in [0.05, 0.1) is 12.6 Å². The molecule has 0 radical (unpaired) electrons. The van der Waals surface area contributed by atoms with Gasteiger partial charge in [-0.3, -0.25) is 4.90 Å². The minimum absolute atomic E-state index is 0.332. The fraction of sp³-hybridized carbons (Fsp3) is 0.571. The van der Waals surface area contributed by atoms with E-state index in [1.165, 1.54) is 4.88 Å². The Labute approximate surface area is 122 Å². The van der Waals surface area contributed by atoms with Crippen LogP contribution in [-0.2, 0) is 17.8 Å². The number of nitrogens with zero attached hydrogens (tertiary/aromatic N) is 3. The molecular weight excluding hydrogens is 274 g/mol.